The average molecular weight is 333 g/mol. The van der Waals surface area contributed by atoms with Crippen molar-refractivity contribution < 1.29 is 19.4 Å². The van der Waals surface area contributed by atoms with E-state index in [2.05, 4.69) is 19.1 Å². The highest BCUT2D eigenvalue weighted by molar-refractivity contribution is 5.79. The van der Waals surface area contributed by atoms with Crippen molar-refractivity contribution in [3.63, 3.8) is 0 Å². The molecule has 3 atom stereocenters. The molecule has 24 heavy (non-hydrogen) atoms. The standard InChI is InChI=1S/C19H27NO4/c1-3-4-5-7-14-8-6-9-15(10-14)13(2)19(24-17(21)12-20)11-16(19)18(22)23/h6,8-10,13,16H,3-5,7,11-12,20H2,1-2H3,(H,22,23). The molecule has 1 aliphatic rings. The highest BCUT2D eigenvalue weighted by atomic mass is 16.6. The van der Waals surface area contributed by atoms with Crippen LogP contribution in [0.25, 0.3) is 0 Å². The Hall–Kier alpha value is -1.88. The zero-order valence-corrected chi connectivity index (χ0v) is 14.5. The van der Waals surface area contributed by atoms with Gasteiger partial charge in [0.25, 0.3) is 0 Å². The molecule has 132 valence electrons. The van der Waals surface area contributed by atoms with Crippen LogP contribution in [0.5, 0.6) is 0 Å². The lowest BCUT2D eigenvalue weighted by molar-refractivity contribution is -0.154. The normalized spacial score (nSPS) is 23.5. The van der Waals surface area contributed by atoms with Gasteiger partial charge in [-0.05, 0) is 24.0 Å². The summed E-state index contributed by atoms with van der Waals surface area (Å²) in [5.41, 5.74) is 6.62. The minimum absolute atomic E-state index is 0.180. The van der Waals surface area contributed by atoms with Crippen LogP contribution in [0, 0.1) is 5.92 Å². The largest absolute Gasteiger partial charge is 0.481 e. The summed E-state index contributed by atoms with van der Waals surface area (Å²) in [4.78, 5) is 23.1. The predicted molar refractivity (Wildman–Crippen MR) is 91.7 cm³/mol. The molecular weight excluding hydrogens is 306 g/mol. The van der Waals surface area contributed by atoms with Crippen LogP contribution in [0.15, 0.2) is 24.3 Å². The summed E-state index contributed by atoms with van der Waals surface area (Å²) in [5.74, 6) is -2.32. The van der Waals surface area contributed by atoms with Gasteiger partial charge in [0.2, 0.25) is 0 Å². The van der Waals surface area contributed by atoms with Crippen molar-refractivity contribution in [1.82, 2.24) is 0 Å². The number of ether oxygens (including phenoxy) is 1. The molecule has 0 bridgehead atoms. The summed E-state index contributed by atoms with van der Waals surface area (Å²) in [6, 6.07) is 8.16. The lowest BCUT2D eigenvalue weighted by Gasteiger charge is -2.25. The molecule has 0 heterocycles. The maximum absolute atomic E-state index is 11.7. The zero-order valence-electron chi connectivity index (χ0n) is 14.5. The van der Waals surface area contributed by atoms with Gasteiger partial charge in [0.05, 0.1) is 6.54 Å². The fraction of sp³-hybridized carbons (Fsp3) is 0.579. The fourth-order valence-corrected chi connectivity index (χ4v) is 3.37. The van der Waals surface area contributed by atoms with Crippen LogP contribution >= 0.6 is 0 Å². The smallest absolute Gasteiger partial charge is 0.320 e. The van der Waals surface area contributed by atoms with E-state index >= 15 is 0 Å². The van der Waals surface area contributed by atoms with Crippen molar-refractivity contribution in [2.45, 2.75) is 57.5 Å². The Morgan fingerprint density at radius 2 is 2.17 bits per heavy atom. The van der Waals surface area contributed by atoms with Crippen LogP contribution in [0.3, 0.4) is 0 Å². The first kappa shape index (κ1) is 18.5. The Kier molecular flexibility index (Phi) is 5.99. The topological polar surface area (TPSA) is 89.6 Å². The molecule has 1 fully saturated rings. The second kappa shape index (κ2) is 7.79. The first-order chi connectivity index (χ1) is 11.4. The number of carbonyl (C=O) groups excluding carboxylic acids is 1. The summed E-state index contributed by atoms with van der Waals surface area (Å²) < 4.78 is 5.48. The fourth-order valence-electron chi connectivity index (χ4n) is 3.37. The Bertz CT molecular complexity index is 601. The number of rotatable bonds is 9. The molecule has 0 radical (unpaired) electrons. The van der Waals surface area contributed by atoms with E-state index in [0.717, 1.165) is 18.4 Å². The van der Waals surface area contributed by atoms with Gasteiger partial charge in [0.1, 0.15) is 11.5 Å². The van der Waals surface area contributed by atoms with Crippen molar-refractivity contribution in [3.8, 4) is 0 Å². The monoisotopic (exact) mass is 333 g/mol. The van der Waals surface area contributed by atoms with Crippen LogP contribution in [-0.4, -0.2) is 29.2 Å². The summed E-state index contributed by atoms with van der Waals surface area (Å²) in [6.45, 7) is 3.86. The van der Waals surface area contributed by atoms with Gasteiger partial charge in [-0.3, -0.25) is 9.59 Å². The third kappa shape index (κ3) is 3.96. The summed E-state index contributed by atoms with van der Waals surface area (Å²) in [5, 5.41) is 9.35. The van der Waals surface area contributed by atoms with Gasteiger partial charge in [0.15, 0.2) is 0 Å². The van der Waals surface area contributed by atoms with Crippen molar-refractivity contribution in [3.05, 3.63) is 35.4 Å². The number of hydrogen-bond donors (Lipinski definition) is 2. The highest BCUT2D eigenvalue weighted by Crippen LogP contribution is 2.56. The molecule has 1 saturated carbocycles. The Morgan fingerprint density at radius 3 is 2.75 bits per heavy atom. The third-order valence-electron chi connectivity index (χ3n) is 4.97. The van der Waals surface area contributed by atoms with Crippen molar-refractivity contribution in [1.29, 1.82) is 0 Å². The lowest BCUT2D eigenvalue weighted by atomic mass is 9.89. The Labute approximate surface area is 143 Å². The van der Waals surface area contributed by atoms with Crippen LogP contribution < -0.4 is 5.73 Å². The molecule has 0 amide bonds. The highest BCUT2D eigenvalue weighted by Gasteiger charge is 2.65. The molecule has 1 aliphatic carbocycles. The number of aliphatic carboxylic acids is 1. The molecule has 2 rings (SSSR count). The number of carboxylic acid groups (broad SMARTS) is 1. The summed E-state index contributed by atoms with van der Waals surface area (Å²) in [7, 11) is 0. The molecule has 5 nitrogen and oxygen atoms in total. The van der Waals surface area contributed by atoms with Gasteiger partial charge in [0, 0.05) is 12.3 Å². The number of hydrogen-bond acceptors (Lipinski definition) is 4. The molecule has 0 saturated heterocycles. The van der Waals surface area contributed by atoms with E-state index in [1.165, 1.54) is 18.4 Å². The van der Waals surface area contributed by atoms with Crippen LogP contribution in [0.2, 0.25) is 0 Å². The maximum Gasteiger partial charge on any atom is 0.320 e. The molecule has 3 unspecified atom stereocenters. The lowest BCUT2D eigenvalue weighted by Crippen LogP contribution is -2.33. The van der Waals surface area contributed by atoms with E-state index in [0.29, 0.717) is 6.42 Å². The molecule has 5 heteroatoms. The molecule has 1 aromatic carbocycles. The second-order valence-electron chi connectivity index (χ2n) is 6.65. The molecule has 3 N–H and O–H groups in total. The van der Waals surface area contributed by atoms with Crippen LogP contribution in [-0.2, 0) is 20.7 Å². The summed E-state index contributed by atoms with van der Waals surface area (Å²) in [6.07, 6.45) is 4.86. The quantitative estimate of drug-likeness (QED) is 0.536. The number of aryl methyl sites for hydroxylation is 1. The number of nitrogens with two attached hydrogens (primary N) is 1. The predicted octanol–water partition coefficient (Wildman–Crippen LogP) is 2.87. The summed E-state index contributed by atoms with van der Waals surface area (Å²) >= 11 is 0. The molecule has 0 aliphatic heterocycles. The number of carboxylic acids is 1. The van der Waals surface area contributed by atoms with Gasteiger partial charge in [-0.2, -0.15) is 0 Å². The van der Waals surface area contributed by atoms with Gasteiger partial charge in [-0.25, -0.2) is 0 Å². The second-order valence-corrected chi connectivity index (χ2v) is 6.65. The number of carbonyl (C=O) groups is 2. The minimum Gasteiger partial charge on any atom is -0.481 e. The average Bonchev–Trinajstić information content (AvgIpc) is 3.30. The Balaban J connectivity index is 2.18. The zero-order chi connectivity index (χ0) is 17.7. The Morgan fingerprint density at radius 1 is 1.42 bits per heavy atom. The molecule has 1 aromatic rings. The van der Waals surface area contributed by atoms with Crippen molar-refractivity contribution in [2.24, 2.45) is 11.7 Å². The molecule has 0 aromatic heterocycles. The van der Waals surface area contributed by atoms with E-state index in [4.69, 9.17) is 10.5 Å². The van der Waals surface area contributed by atoms with Gasteiger partial charge in [-0.1, -0.05) is 51.0 Å². The SMILES string of the molecule is CCCCCc1cccc(C(C)C2(OC(=O)CN)CC2C(=O)O)c1. The van der Waals surface area contributed by atoms with E-state index in [1.807, 2.05) is 19.1 Å². The maximum atomic E-state index is 11.7. The first-order valence-corrected chi connectivity index (χ1v) is 8.68. The number of esters is 1. The number of benzene rings is 1. The van der Waals surface area contributed by atoms with Crippen molar-refractivity contribution >= 4 is 11.9 Å². The molecular formula is C19H27NO4. The first-order valence-electron chi connectivity index (χ1n) is 8.68. The van der Waals surface area contributed by atoms with Crippen LogP contribution in [0.1, 0.15) is 56.6 Å². The van der Waals surface area contributed by atoms with Gasteiger partial charge >= 0.3 is 11.9 Å². The van der Waals surface area contributed by atoms with E-state index < -0.39 is 23.5 Å². The van der Waals surface area contributed by atoms with Crippen molar-refractivity contribution in [2.75, 3.05) is 6.54 Å². The van der Waals surface area contributed by atoms with E-state index in [9.17, 15) is 14.7 Å². The van der Waals surface area contributed by atoms with E-state index in [1.54, 1.807) is 0 Å². The van der Waals surface area contributed by atoms with Gasteiger partial charge < -0.3 is 15.6 Å². The van der Waals surface area contributed by atoms with E-state index in [-0.39, 0.29) is 12.5 Å². The number of unbranched alkanes of at least 4 members (excludes halogenated alkanes) is 2. The van der Waals surface area contributed by atoms with Crippen LogP contribution in [0.4, 0.5) is 0 Å². The van der Waals surface area contributed by atoms with Gasteiger partial charge in [-0.15, -0.1) is 0 Å². The molecule has 0 spiro atoms. The minimum atomic E-state index is -0.968. The third-order valence-corrected chi connectivity index (χ3v) is 4.97.